The van der Waals surface area contributed by atoms with Crippen LogP contribution >= 0.6 is 0 Å². The molecule has 0 N–H and O–H groups in total. The summed E-state index contributed by atoms with van der Waals surface area (Å²) in [4.78, 5) is 0. The van der Waals surface area contributed by atoms with Gasteiger partial charge in [0.1, 0.15) is 10.5 Å². The van der Waals surface area contributed by atoms with Crippen LogP contribution in [0.2, 0.25) is 0 Å². The van der Waals surface area contributed by atoms with Gasteiger partial charge in [-0.2, -0.15) is 0 Å². The maximum atomic E-state index is 4.68. The Balaban J connectivity index is 0. The van der Waals surface area contributed by atoms with E-state index in [2.05, 4.69) is 9.16 Å². The van der Waals surface area contributed by atoms with Gasteiger partial charge in [0.05, 0.1) is 13.2 Å². The Morgan fingerprint density at radius 1 is 1.62 bits per heavy atom. The Morgan fingerprint density at radius 2 is 1.88 bits per heavy atom. The molecule has 0 aliphatic carbocycles. The average Bonchev–Trinajstić information content (AvgIpc) is 2.47. The smallest absolute Gasteiger partial charge is 0.145 e. The van der Waals surface area contributed by atoms with Crippen LogP contribution in [0.1, 0.15) is 6.92 Å². The zero-order valence-electron chi connectivity index (χ0n) is 4.94. The highest BCUT2D eigenvalue weighted by atomic mass is 28.2. The predicted octanol–water partition coefficient (Wildman–Crippen LogP) is -2.13. The molecule has 0 amide bonds. The van der Waals surface area contributed by atoms with E-state index < -0.39 is 0 Å². The molecule has 1 aliphatic heterocycles. The Morgan fingerprint density at radius 3 is 1.88 bits per heavy atom. The minimum absolute atomic E-state index is 0. The monoisotopic (exact) mass is 152 g/mol. The average molecular weight is 152 g/mol. The number of ether oxygens (including phenoxy) is 1. The van der Waals surface area contributed by atoms with Crippen molar-refractivity contribution in [2.45, 2.75) is 6.92 Å². The second-order valence-electron chi connectivity index (χ2n) is 1.19. The van der Waals surface area contributed by atoms with E-state index in [0.717, 1.165) is 30.3 Å². The van der Waals surface area contributed by atoms with E-state index in [0.29, 0.717) is 0 Å². The van der Waals surface area contributed by atoms with Gasteiger partial charge < -0.3 is 9.16 Å². The van der Waals surface area contributed by atoms with Crippen LogP contribution in [0.4, 0.5) is 0 Å². The van der Waals surface area contributed by atoms with Crippen LogP contribution in [0, 0.1) is 0 Å². The molecule has 0 aromatic rings. The van der Waals surface area contributed by atoms with Crippen molar-refractivity contribution in [1.82, 2.24) is 0 Å². The summed E-state index contributed by atoms with van der Waals surface area (Å²) in [5.41, 5.74) is 0. The lowest BCUT2D eigenvalue weighted by Gasteiger charge is -1.77. The van der Waals surface area contributed by atoms with E-state index in [-0.39, 0.29) is 11.0 Å². The molecule has 0 unspecified atom stereocenters. The van der Waals surface area contributed by atoms with Crippen LogP contribution in [0.5, 0.6) is 0 Å². The summed E-state index contributed by atoms with van der Waals surface area (Å²) in [5.74, 6) is 0. The van der Waals surface area contributed by atoms with Gasteiger partial charge in [-0.25, -0.2) is 0 Å². The van der Waals surface area contributed by atoms with E-state index in [9.17, 15) is 0 Å². The number of rotatable bonds is 1. The Labute approximate surface area is 58.1 Å². The van der Waals surface area contributed by atoms with Crippen molar-refractivity contribution >= 4 is 21.5 Å². The summed E-state index contributed by atoms with van der Waals surface area (Å²) in [5, 5.41) is 0. The molecule has 1 rings (SSSR count). The minimum Gasteiger partial charge on any atom is -0.428 e. The summed E-state index contributed by atoms with van der Waals surface area (Å²) in [6, 6.07) is 0. The summed E-state index contributed by atoms with van der Waals surface area (Å²) in [6.45, 7) is 4.87. The largest absolute Gasteiger partial charge is 0.428 e. The van der Waals surface area contributed by atoms with Crippen molar-refractivity contribution in [3.05, 3.63) is 0 Å². The van der Waals surface area contributed by atoms with Crippen LogP contribution in [0.3, 0.4) is 0 Å². The third kappa shape index (κ3) is 32.9. The van der Waals surface area contributed by atoms with Crippen molar-refractivity contribution in [2.24, 2.45) is 0 Å². The first-order chi connectivity index (χ1) is 3.41. The maximum absolute atomic E-state index is 4.68. The Hall–Kier alpha value is 0.354. The molecule has 1 fully saturated rings. The van der Waals surface area contributed by atoms with Crippen molar-refractivity contribution < 1.29 is 9.16 Å². The highest BCUT2D eigenvalue weighted by molar-refractivity contribution is 5.97. The normalized spacial score (nSPS) is 13.1. The number of hydrogen-bond donors (Lipinski definition) is 0. The highest BCUT2D eigenvalue weighted by Crippen LogP contribution is 1.84. The minimum atomic E-state index is 0. The first kappa shape index (κ1) is 11.2. The number of hydrogen-bond acceptors (Lipinski definition) is 2. The SMILES string of the molecule is C1CO1.CCO[SiH3].[SiH4]. The second-order valence-corrected chi connectivity index (χ2v) is 1.77. The van der Waals surface area contributed by atoms with Gasteiger partial charge in [-0.05, 0) is 17.9 Å². The molecule has 2 nitrogen and oxygen atoms in total. The molecular formula is C4H16O2Si2. The lowest BCUT2D eigenvalue weighted by atomic mass is 10.9. The molecule has 4 heteroatoms. The highest BCUT2D eigenvalue weighted by Gasteiger charge is 1.94. The molecule has 0 aromatic heterocycles. The van der Waals surface area contributed by atoms with Crippen LogP contribution in [-0.4, -0.2) is 41.3 Å². The van der Waals surface area contributed by atoms with Gasteiger partial charge in [0.2, 0.25) is 0 Å². The van der Waals surface area contributed by atoms with Crippen LogP contribution in [0.15, 0.2) is 0 Å². The zero-order valence-corrected chi connectivity index (χ0v) is 6.94. The molecule has 0 saturated carbocycles. The summed E-state index contributed by atoms with van der Waals surface area (Å²) in [6.07, 6.45) is 0. The molecule has 0 atom stereocenters. The van der Waals surface area contributed by atoms with Crippen LogP contribution in [-0.2, 0) is 9.16 Å². The van der Waals surface area contributed by atoms with Crippen molar-refractivity contribution in [2.75, 3.05) is 19.8 Å². The molecular weight excluding hydrogens is 136 g/mol. The van der Waals surface area contributed by atoms with Crippen LogP contribution < -0.4 is 0 Å². The first-order valence-corrected chi connectivity index (χ1v) is 3.30. The fourth-order valence-corrected chi connectivity index (χ4v) is 0. The van der Waals surface area contributed by atoms with Crippen LogP contribution in [0.25, 0.3) is 0 Å². The third-order valence-electron chi connectivity index (χ3n) is 0.493. The van der Waals surface area contributed by atoms with E-state index in [4.69, 9.17) is 0 Å². The molecule has 0 aromatic carbocycles. The summed E-state index contributed by atoms with van der Waals surface area (Å²) < 4.78 is 9.18. The van der Waals surface area contributed by atoms with Crippen molar-refractivity contribution in [3.8, 4) is 0 Å². The van der Waals surface area contributed by atoms with Gasteiger partial charge in [-0.1, -0.05) is 0 Å². The third-order valence-corrected chi connectivity index (χ3v) is 1.07. The molecule has 1 heterocycles. The molecule has 0 spiro atoms. The molecule has 8 heavy (non-hydrogen) atoms. The van der Waals surface area contributed by atoms with Crippen molar-refractivity contribution in [1.29, 1.82) is 0 Å². The van der Waals surface area contributed by atoms with Gasteiger partial charge in [0, 0.05) is 6.61 Å². The van der Waals surface area contributed by atoms with Gasteiger partial charge in [-0.3, -0.25) is 0 Å². The molecule has 0 bridgehead atoms. The quantitative estimate of drug-likeness (QED) is 0.316. The molecule has 1 saturated heterocycles. The van der Waals surface area contributed by atoms with E-state index in [1.54, 1.807) is 0 Å². The Bertz CT molecular complexity index is 28.5. The molecule has 0 radical (unpaired) electrons. The van der Waals surface area contributed by atoms with E-state index >= 15 is 0 Å². The van der Waals surface area contributed by atoms with E-state index in [1.165, 1.54) is 0 Å². The number of epoxide rings is 1. The van der Waals surface area contributed by atoms with E-state index in [1.807, 2.05) is 6.92 Å². The lowest BCUT2D eigenvalue weighted by Crippen LogP contribution is -1.76. The lowest BCUT2D eigenvalue weighted by molar-refractivity contribution is 0.375. The second kappa shape index (κ2) is 10.4. The standard InChI is InChI=1S/C2H8OSi.C2H4O.H4Si/c1-2-3-4;1-2-3-1;/h2H2,1,4H3;1-2H2;1H4. The fraction of sp³-hybridized carbons (Fsp3) is 1.00. The predicted molar refractivity (Wildman–Crippen MR) is 43.7 cm³/mol. The zero-order chi connectivity index (χ0) is 5.54. The first-order valence-electron chi connectivity index (χ1n) is 2.48. The summed E-state index contributed by atoms with van der Waals surface area (Å²) in [7, 11) is 0.890. The van der Waals surface area contributed by atoms with Gasteiger partial charge in [-0.15, -0.1) is 0 Å². The van der Waals surface area contributed by atoms with Gasteiger partial charge in [0.25, 0.3) is 0 Å². The molecule has 1 aliphatic rings. The Kier molecular flexibility index (Phi) is 14.5. The van der Waals surface area contributed by atoms with Gasteiger partial charge in [0.15, 0.2) is 0 Å². The summed E-state index contributed by atoms with van der Waals surface area (Å²) >= 11 is 0. The maximum Gasteiger partial charge on any atom is 0.145 e. The van der Waals surface area contributed by atoms with Crippen molar-refractivity contribution in [3.63, 3.8) is 0 Å². The topological polar surface area (TPSA) is 21.8 Å². The van der Waals surface area contributed by atoms with Gasteiger partial charge >= 0.3 is 0 Å². The fourth-order valence-electron chi connectivity index (χ4n) is 0. The molecule has 52 valence electrons.